The van der Waals surface area contributed by atoms with Crippen molar-refractivity contribution in [2.75, 3.05) is 23.4 Å². The van der Waals surface area contributed by atoms with E-state index in [1.165, 1.54) is 40.0 Å². The molecule has 10 heteroatoms. The number of benzene rings is 1. The Labute approximate surface area is 198 Å². The molecule has 32 heavy (non-hydrogen) atoms. The van der Waals surface area contributed by atoms with Crippen LogP contribution in [-0.2, 0) is 22.4 Å². The molecule has 1 aromatic carbocycles. The topological polar surface area (TPSA) is 107 Å². The van der Waals surface area contributed by atoms with E-state index in [9.17, 15) is 9.59 Å². The van der Waals surface area contributed by atoms with Crippen molar-refractivity contribution in [1.82, 2.24) is 10.2 Å². The van der Waals surface area contributed by atoms with Crippen LogP contribution in [0.2, 0.25) is 0 Å². The van der Waals surface area contributed by atoms with E-state index in [4.69, 9.17) is 10.5 Å². The van der Waals surface area contributed by atoms with Gasteiger partial charge in [-0.1, -0.05) is 53.4 Å². The monoisotopic (exact) mass is 488 g/mol. The summed E-state index contributed by atoms with van der Waals surface area (Å²) in [6.07, 6.45) is 2.92. The number of fused-ring (bicyclic) bond motifs is 1. The van der Waals surface area contributed by atoms with Gasteiger partial charge in [-0.2, -0.15) is 0 Å². The Morgan fingerprint density at radius 1 is 1.25 bits per heavy atom. The molecule has 0 aliphatic heterocycles. The predicted molar refractivity (Wildman–Crippen MR) is 130 cm³/mol. The molecule has 0 saturated carbocycles. The molecule has 0 radical (unpaired) electrons. The average Bonchev–Trinajstić information content (AvgIpc) is 3.36. The van der Waals surface area contributed by atoms with E-state index < -0.39 is 0 Å². The van der Waals surface area contributed by atoms with Crippen molar-refractivity contribution < 1.29 is 14.3 Å². The fourth-order valence-corrected chi connectivity index (χ4v) is 6.78. The number of thiophene rings is 1. The second-order valence-corrected chi connectivity index (χ2v) is 10.8. The Kier molecular flexibility index (Phi) is 7.44. The molecule has 1 unspecified atom stereocenters. The Bertz CT molecular complexity index is 1100. The van der Waals surface area contributed by atoms with Crippen molar-refractivity contribution >= 4 is 56.4 Å². The molecule has 1 aliphatic rings. The SMILES string of the molecule is CCOC(=O)c1c(NC(=O)CCSc2nnc(N)s2)sc2c1CCC(c1ccccc1)C2. The van der Waals surface area contributed by atoms with Gasteiger partial charge in [0.1, 0.15) is 5.00 Å². The summed E-state index contributed by atoms with van der Waals surface area (Å²) in [6.45, 7) is 2.09. The third-order valence-electron chi connectivity index (χ3n) is 5.25. The molecule has 1 amide bonds. The van der Waals surface area contributed by atoms with Crippen molar-refractivity contribution in [3.63, 3.8) is 0 Å². The van der Waals surface area contributed by atoms with Crippen molar-refractivity contribution in [2.45, 2.75) is 42.9 Å². The van der Waals surface area contributed by atoms with Crippen LogP contribution in [0.25, 0.3) is 0 Å². The molecule has 7 nitrogen and oxygen atoms in total. The van der Waals surface area contributed by atoms with Gasteiger partial charge in [0.05, 0.1) is 12.2 Å². The van der Waals surface area contributed by atoms with Crippen molar-refractivity contribution in [3.8, 4) is 0 Å². The van der Waals surface area contributed by atoms with Gasteiger partial charge in [-0.05, 0) is 43.2 Å². The first-order valence-electron chi connectivity index (χ1n) is 10.4. The molecule has 2 aromatic heterocycles. The first-order chi connectivity index (χ1) is 15.5. The van der Waals surface area contributed by atoms with Gasteiger partial charge in [0, 0.05) is 17.1 Å². The number of amides is 1. The number of carbonyl (C=O) groups excluding carboxylic acids is 2. The first kappa shape index (κ1) is 22.8. The van der Waals surface area contributed by atoms with Crippen LogP contribution < -0.4 is 11.1 Å². The number of carbonyl (C=O) groups is 2. The Balaban J connectivity index is 1.47. The molecule has 3 N–H and O–H groups in total. The van der Waals surface area contributed by atoms with Crippen LogP contribution in [-0.4, -0.2) is 34.4 Å². The van der Waals surface area contributed by atoms with E-state index in [1.807, 2.05) is 6.07 Å². The van der Waals surface area contributed by atoms with Gasteiger partial charge in [0.2, 0.25) is 11.0 Å². The van der Waals surface area contributed by atoms with E-state index >= 15 is 0 Å². The maximum atomic E-state index is 12.7. The van der Waals surface area contributed by atoms with Crippen molar-refractivity contribution in [3.05, 3.63) is 51.9 Å². The highest BCUT2D eigenvalue weighted by atomic mass is 32.2. The van der Waals surface area contributed by atoms with Crippen molar-refractivity contribution in [1.29, 1.82) is 0 Å². The number of hydrogen-bond acceptors (Lipinski definition) is 9. The molecule has 1 atom stereocenters. The summed E-state index contributed by atoms with van der Waals surface area (Å²) >= 11 is 4.24. The van der Waals surface area contributed by atoms with Crippen LogP contribution in [0.15, 0.2) is 34.7 Å². The number of thioether (sulfide) groups is 1. The standard InChI is InChI=1S/C22H24N4O3S3/c1-2-29-20(28)18-15-9-8-14(13-6-4-3-5-7-13)12-16(15)31-19(18)24-17(27)10-11-30-22-26-25-21(23)32-22/h3-7,14H,2,8-12H2,1H3,(H2,23,25)(H,24,27). The largest absolute Gasteiger partial charge is 0.462 e. The van der Waals surface area contributed by atoms with Gasteiger partial charge in [0.15, 0.2) is 4.34 Å². The second-order valence-electron chi connectivity index (χ2n) is 7.33. The van der Waals surface area contributed by atoms with E-state index in [0.717, 1.165) is 34.0 Å². The number of nitrogens with one attached hydrogen (secondary N) is 1. The number of esters is 1. The van der Waals surface area contributed by atoms with E-state index in [2.05, 4.69) is 39.8 Å². The van der Waals surface area contributed by atoms with Crippen LogP contribution in [0.5, 0.6) is 0 Å². The lowest BCUT2D eigenvalue weighted by Gasteiger charge is -2.23. The van der Waals surface area contributed by atoms with Crippen LogP contribution in [0.1, 0.15) is 52.0 Å². The highest BCUT2D eigenvalue weighted by Crippen LogP contribution is 2.43. The third-order valence-corrected chi connectivity index (χ3v) is 8.30. The smallest absolute Gasteiger partial charge is 0.341 e. The van der Waals surface area contributed by atoms with Gasteiger partial charge in [-0.3, -0.25) is 4.79 Å². The predicted octanol–water partition coefficient (Wildman–Crippen LogP) is 4.75. The molecule has 0 spiro atoms. The number of hydrogen-bond donors (Lipinski definition) is 2. The second kappa shape index (κ2) is 10.5. The summed E-state index contributed by atoms with van der Waals surface area (Å²) in [5.74, 6) is 0.462. The fourth-order valence-electron chi connectivity index (χ4n) is 3.80. The summed E-state index contributed by atoms with van der Waals surface area (Å²) in [6, 6.07) is 10.4. The summed E-state index contributed by atoms with van der Waals surface area (Å²) in [7, 11) is 0. The lowest BCUT2D eigenvalue weighted by molar-refractivity contribution is -0.115. The zero-order valence-corrected chi connectivity index (χ0v) is 20.1. The van der Waals surface area contributed by atoms with E-state index in [0.29, 0.717) is 40.4 Å². The summed E-state index contributed by atoms with van der Waals surface area (Å²) in [4.78, 5) is 26.5. The Hall–Kier alpha value is -2.43. The minimum Gasteiger partial charge on any atom is -0.462 e. The Morgan fingerprint density at radius 2 is 2.06 bits per heavy atom. The summed E-state index contributed by atoms with van der Waals surface area (Å²) in [5, 5.41) is 11.7. The molecule has 1 aliphatic carbocycles. The molecule has 168 valence electrons. The van der Waals surface area contributed by atoms with E-state index in [-0.39, 0.29) is 11.9 Å². The molecule has 3 aromatic rings. The minimum absolute atomic E-state index is 0.140. The fraction of sp³-hybridized carbons (Fsp3) is 0.364. The normalized spacial score (nSPS) is 15.2. The average molecular weight is 489 g/mol. The zero-order valence-electron chi connectivity index (χ0n) is 17.6. The molecule has 2 heterocycles. The number of ether oxygens (including phenoxy) is 1. The minimum atomic E-state index is -0.364. The lowest BCUT2D eigenvalue weighted by Crippen LogP contribution is -2.17. The number of nitrogens with two attached hydrogens (primary N) is 1. The van der Waals surface area contributed by atoms with Gasteiger partial charge in [-0.25, -0.2) is 4.79 Å². The van der Waals surface area contributed by atoms with E-state index in [1.54, 1.807) is 6.92 Å². The highest BCUT2D eigenvalue weighted by Gasteiger charge is 2.30. The van der Waals surface area contributed by atoms with Gasteiger partial charge >= 0.3 is 5.97 Å². The molecule has 0 saturated heterocycles. The number of rotatable bonds is 8. The van der Waals surface area contributed by atoms with Crippen LogP contribution in [0, 0.1) is 0 Å². The highest BCUT2D eigenvalue weighted by molar-refractivity contribution is 8.01. The zero-order chi connectivity index (χ0) is 22.5. The molecule has 0 bridgehead atoms. The maximum Gasteiger partial charge on any atom is 0.341 e. The van der Waals surface area contributed by atoms with Crippen LogP contribution in [0.3, 0.4) is 0 Å². The van der Waals surface area contributed by atoms with Crippen LogP contribution in [0.4, 0.5) is 10.1 Å². The lowest BCUT2D eigenvalue weighted by atomic mass is 9.83. The Morgan fingerprint density at radius 3 is 2.78 bits per heavy atom. The quantitative estimate of drug-likeness (QED) is 0.348. The first-order valence-corrected chi connectivity index (χ1v) is 13.0. The molecule has 4 rings (SSSR count). The number of nitrogens with zero attached hydrogens (tertiary/aromatic N) is 2. The number of nitrogen functional groups attached to an aromatic ring is 1. The summed E-state index contributed by atoms with van der Waals surface area (Å²) < 4.78 is 6.05. The molecular weight excluding hydrogens is 464 g/mol. The maximum absolute atomic E-state index is 12.7. The van der Waals surface area contributed by atoms with Gasteiger partial charge < -0.3 is 15.8 Å². The summed E-state index contributed by atoms with van der Waals surface area (Å²) in [5.41, 5.74) is 8.44. The van der Waals surface area contributed by atoms with Crippen molar-refractivity contribution in [2.24, 2.45) is 0 Å². The van der Waals surface area contributed by atoms with Gasteiger partial charge in [-0.15, -0.1) is 21.5 Å². The number of anilines is 2. The van der Waals surface area contributed by atoms with Gasteiger partial charge in [0.25, 0.3) is 0 Å². The van der Waals surface area contributed by atoms with Crippen LogP contribution >= 0.6 is 34.4 Å². The molecular formula is C22H24N4O3S3. The number of aromatic nitrogens is 2. The third kappa shape index (κ3) is 5.31. The molecule has 0 fully saturated rings.